The number of hydrogen-bond acceptors (Lipinski definition) is 5. The number of rotatable bonds is 5. The van der Waals surface area contributed by atoms with E-state index in [4.69, 9.17) is 0 Å². The Morgan fingerprint density at radius 2 is 1.75 bits per heavy atom. The molecule has 0 atom stereocenters. The second-order valence-corrected chi connectivity index (χ2v) is 5.15. The van der Waals surface area contributed by atoms with Gasteiger partial charge in [0.2, 0.25) is 0 Å². The van der Waals surface area contributed by atoms with Crippen LogP contribution in [0.25, 0.3) is 0 Å². The molecule has 0 aliphatic rings. The average Bonchev–Trinajstić information content (AvgIpc) is 2.30. The summed E-state index contributed by atoms with van der Waals surface area (Å²) in [7, 11) is -5.69. The van der Waals surface area contributed by atoms with Gasteiger partial charge < -0.3 is 8.92 Å². The van der Waals surface area contributed by atoms with Crippen molar-refractivity contribution in [3.8, 4) is 5.75 Å². The van der Waals surface area contributed by atoms with Crippen molar-refractivity contribution in [2.24, 2.45) is 0 Å². The molecule has 9 heteroatoms. The van der Waals surface area contributed by atoms with Gasteiger partial charge in [-0.3, -0.25) is 4.79 Å². The highest BCUT2D eigenvalue weighted by Crippen LogP contribution is 2.26. The summed E-state index contributed by atoms with van der Waals surface area (Å²) >= 11 is 0. The van der Waals surface area contributed by atoms with Gasteiger partial charge in [0.1, 0.15) is 5.75 Å². The minimum atomic E-state index is -5.69. The molecule has 1 rings (SSSR count). The summed E-state index contributed by atoms with van der Waals surface area (Å²) in [6.07, 6.45) is -0.0693. The summed E-state index contributed by atoms with van der Waals surface area (Å²) < 4.78 is 66.3. The van der Waals surface area contributed by atoms with E-state index in [2.05, 4.69) is 8.92 Å². The first kappa shape index (κ1) is 16.3. The first-order valence-electron chi connectivity index (χ1n) is 5.41. The van der Waals surface area contributed by atoms with Gasteiger partial charge in [-0.05, 0) is 24.6 Å². The molecule has 0 amide bonds. The van der Waals surface area contributed by atoms with E-state index in [9.17, 15) is 26.4 Å². The Hall–Kier alpha value is -1.77. The number of carbonyl (C=O) groups excluding carboxylic acids is 1. The summed E-state index contributed by atoms with van der Waals surface area (Å²) in [6, 6.07) is 4.60. The number of carbonyl (C=O) groups is 1. The minimum absolute atomic E-state index is 0.0693. The lowest BCUT2D eigenvalue weighted by molar-refractivity contribution is -0.142. The first-order valence-corrected chi connectivity index (χ1v) is 6.82. The van der Waals surface area contributed by atoms with Crippen molar-refractivity contribution in [2.75, 3.05) is 6.61 Å². The molecule has 20 heavy (non-hydrogen) atoms. The molecule has 0 spiro atoms. The largest absolute Gasteiger partial charge is 0.534 e. The van der Waals surface area contributed by atoms with Gasteiger partial charge in [0, 0.05) is 0 Å². The zero-order chi connectivity index (χ0) is 15.4. The molecule has 0 fully saturated rings. The predicted octanol–water partition coefficient (Wildman–Crippen LogP) is 2.02. The number of esters is 1. The van der Waals surface area contributed by atoms with E-state index in [1.54, 1.807) is 6.92 Å². The fraction of sp³-hybridized carbons (Fsp3) is 0.364. The molecule has 0 bridgehead atoms. The highest BCUT2D eigenvalue weighted by Gasteiger charge is 2.48. The van der Waals surface area contributed by atoms with Gasteiger partial charge >= 0.3 is 21.6 Å². The van der Waals surface area contributed by atoms with Crippen molar-refractivity contribution in [2.45, 2.75) is 18.9 Å². The Bertz CT molecular complexity index is 563. The Morgan fingerprint density at radius 3 is 2.20 bits per heavy atom. The van der Waals surface area contributed by atoms with E-state index in [1.807, 2.05) is 0 Å². The number of ether oxygens (including phenoxy) is 1. The van der Waals surface area contributed by atoms with Crippen LogP contribution in [-0.4, -0.2) is 26.5 Å². The third-order valence-electron chi connectivity index (χ3n) is 2.07. The molecule has 0 unspecified atom stereocenters. The van der Waals surface area contributed by atoms with Gasteiger partial charge in [-0.25, -0.2) is 0 Å². The molecular formula is C11H11F3O5S. The molecule has 1 aromatic rings. The lowest BCUT2D eigenvalue weighted by atomic mass is 10.1. The highest BCUT2D eigenvalue weighted by molar-refractivity contribution is 7.87. The molecule has 0 saturated carbocycles. The molecule has 1 aromatic carbocycles. The third kappa shape index (κ3) is 4.41. The Morgan fingerprint density at radius 1 is 1.20 bits per heavy atom. The van der Waals surface area contributed by atoms with Crippen LogP contribution in [0.1, 0.15) is 12.5 Å². The monoisotopic (exact) mass is 312 g/mol. The van der Waals surface area contributed by atoms with Crippen LogP contribution < -0.4 is 4.18 Å². The van der Waals surface area contributed by atoms with Crippen molar-refractivity contribution in [3.05, 3.63) is 29.8 Å². The van der Waals surface area contributed by atoms with Crippen LogP contribution in [0.3, 0.4) is 0 Å². The number of hydrogen-bond donors (Lipinski definition) is 0. The zero-order valence-electron chi connectivity index (χ0n) is 10.3. The normalized spacial score (nSPS) is 12.0. The fourth-order valence-corrected chi connectivity index (χ4v) is 1.67. The standard InChI is InChI=1S/C11H11F3O5S/c1-2-18-10(15)7-8-3-5-9(6-4-8)19-20(16,17)11(12,13)14/h3-6H,2,7H2,1H3. The van der Waals surface area contributed by atoms with Gasteiger partial charge in [-0.1, -0.05) is 12.1 Å². The van der Waals surface area contributed by atoms with Crippen LogP contribution >= 0.6 is 0 Å². The summed E-state index contributed by atoms with van der Waals surface area (Å²) in [5.41, 5.74) is -5.03. The van der Waals surface area contributed by atoms with Crippen molar-refractivity contribution in [3.63, 3.8) is 0 Å². The number of halogens is 3. The second-order valence-electron chi connectivity index (χ2n) is 3.61. The van der Waals surface area contributed by atoms with E-state index in [0.29, 0.717) is 5.56 Å². The van der Waals surface area contributed by atoms with Crippen molar-refractivity contribution in [1.82, 2.24) is 0 Å². The Labute approximate surface area is 113 Å². The Balaban J connectivity index is 2.75. The third-order valence-corrected chi connectivity index (χ3v) is 3.05. The molecule has 0 saturated heterocycles. The SMILES string of the molecule is CCOC(=O)Cc1ccc(OS(=O)(=O)C(F)(F)F)cc1. The van der Waals surface area contributed by atoms with Crippen LogP contribution in [0, 0.1) is 0 Å². The van der Waals surface area contributed by atoms with Crippen LogP contribution in [0.15, 0.2) is 24.3 Å². The summed E-state index contributed by atoms with van der Waals surface area (Å²) in [5, 5.41) is 0. The average molecular weight is 312 g/mol. The van der Waals surface area contributed by atoms with E-state index in [0.717, 1.165) is 12.1 Å². The second kappa shape index (κ2) is 6.12. The topological polar surface area (TPSA) is 69.7 Å². The van der Waals surface area contributed by atoms with Crippen LogP contribution in [-0.2, 0) is 26.1 Å². The maximum atomic E-state index is 12.1. The highest BCUT2D eigenvalue weighted by atomic mass is 32.2. The summed E-state index contributed by atoms with van der Waals surface area (Å²) in [4.78, 5) is 11.2. The van der Waals surface area contributed by atoms with Gasteiger partial charge in [0.15, 0.2) is 0 Å². The first-order chi connectivity index (χ1) is 9.15. The van der Waals surface area contributed by atoms with Gasteiger partial charge in [0.25, 0.3) is 0 Å². The van der Waals surface area contributed by atoms with Crippen LogP contribution in [0.2, 0.25) is 0 Å². The van der Waals surface area contributed by atoms with E-state index in [-0.39, 0.29) is 13.0 Å². The van der Waals surface area contributed by atoms with E-state index < -0.39 is 27.3 Å². The van der Waals surface area contributed by atoms with Crippen molar-refractivity contribution in [1.29, 1.82) is 0 Å². The number of benzene rings is 1. The maximum absolute atomic E-state index is 12.1. The fourth-order valence-electron chi connectivity index (χ4n) is 1.22. The van der Waals surface area contributed by atoms with Gasteiger partial charge in [-0.2, -0.15) is 21.6 Å². The lowest BCUT2D eigenvalue weighted by Crippen LogP contribution is -2.28. The van der Waals surface area contributed by atoms with E-state index in [1.165, 1.54) is 12.1 Å². The molecular weight excluding hydrogens is 301 g/mol. The predicted molar refractivity (Wildman–Crippen MR) is 62.4 cm³/mol. The van der Waals surface area contributed by atoms with Crippen molar-refractivity contribution >= 4 is 16.1 Å². The summed E-state index contributed by atoms with van der Waals surface area (Å²) in [6.45, 7) is 1.85. The zero-order valence-corrected chi connectivity index (χ0v) is 11.1. The maximum Gasteiger partial charge on any atom is 0.534 e. The molecule has 0 N–H and O–H groups in total. The smallest absolute Gasteiger partial charge is 0.466 e. The molecule has 0 aliphatic carbocycles. The Kier molecular flexibility index (Phi) is 4.98. The van der Waals surface area contributed by atoms with Crippen LogP contribution in [0.5, 0.6) is 5.75 Å². The summed E-state index contributed by atoms with van der Waals surface area (Å²) in [5.74, 6) is -0.987. The molecule has 112 valence electrons. The van der Waals surface area contributed by atoms with Gasteiger partial charge in [0.05, 0.1) is 13.0 Å². The molecule has 0 radical (unpaired) electrons. The number of alkyl halides is 3. The quantitative estimate of drug-likeness (QED) is 0.472. The molecule has 0 aromatic heterocycles. The van der Waals surface area contributed by atoms with Crippen LogP contribution in [0.4, 0.5) is 13.2 Å². The molecule has 5 nitrogen and oxygen atoms in total. The van der Waals surface area contributed by atoms with Crippen molar-refractivity contribution < 1.29 is 35.3 Å². The van der Waals surface area contributed by atoms with E-state index >= 15 is 0 Å². The minimum Gasteiger partial charge on any atom is -0.466 e. The lowest BCUT2D eigenvalue weighted by Gasteiger charge is -2.09. The molecule has 0 heterocycles. The molecule has 0 aliphatic heterocycles. The van der Waals surface area contributed by atoms with Gasteiger partial charge in [-0.15, -0.1) is 0 Å².